The number of hydrogen-bond acceptors (Lipinski definition) is 3. The van der Waals surface area contributed by atoms with Crippen LogP contribution in [0.3, 0.4) is 0 Å². The predicted octanol–water partition coefficient (Wildman–Crippen LogP) is 2.61. The second-order valence-electron chi connectivity index (χ2n) is 6.19. The molecule has 4 heteroatoms. The Hall–Kier alpha value is -1.65. The SMILES string of the molecule is CN(Cc1ccn(-c2ccccc2)n1)CC1(O)CCCC1. The highest BCUT2D eigenvalue weighted by molar-refractivity contribution is 5.30. The number of hydrogen-bond donors (Lipinski definition) is 1. The first kappa shape index (κ1) is 14.3. The summed E-state index contributed by atoms with van der Waals surface area (Å²) in [6.45, 7) is 1.49. The number of nitrogens with zero attached hydrogens (tertiary/aromatic N) is 3. The smallest absolute Gasteiger partial charge is 0.0774 e. The molecule has 1 saturated carbocycles. The molecule has 2 aromatic rings. The van der Waals surface area contributed by atoms with Gasteiger partial charge in [-0.25, -0.2) is 4.68 Å². The first-order valence-electron chi connectivity index (χ1n) is 7.66. The molecule has 1 aliphatic rings. The van der Waals surface area contributed by atoms with E-state index in [0.29, 0.717) is 0 Å². The van der Waals surface area contributed by atoms with E-state index >= 15 is 0 Å². The van der Waals surface area contributed by atoms with Crippen LogP contribution >= 0.6 is 0 Å². The van der Waals surface area contributed by atoms with Gasteiger partial charge < -0.3 is 5.11 Å². The second kappa shape index (κ2) is 6.00. The van der Waals surface area contributed by atoms with Gasteiger partial charge in [-0.15, -0.1) is 0 Å². The van der Waals surface area contributed by atoms with E-state index in [1.807, 2.05) is 47.3 Å². The Morgan fingerprint density at radius 3 is 2.62 bits per heavy atom. The van der Waals surface area contributed by atoms with Gasteiger partial charge in [-0.1, -0.05) is 31.0 Å². The van der Waals surface area contributed by atoms with Gasteiger partial charge in [-0.2, -0.15) is 5.10 Å². The Morgan fingerprint density at radius 2 is 1.90 bits per heavy atom. The maximum absolute atomic E-state index is 10.5. The molecule has 1 aromatic carbocycles. The monoisotopic (exact) mass is 285 g/mol. The lowest BCUT2D eigenvalue weighted by molar-refractivity contribution is 0.0142. The van der Waals surface area contributed by atoms with Gasteiger partial charge in [0.05, 0.1) is 17.0 Å². The predicted molar refractivity (Wildman–Crippen MR) is 83.3 cm³/mol. The van der Waals surface area contributed by atoms with Crippen molar-refractivity contribution < 1.29 is 5.11 Å². The van der Waals surface area contributed by atoms with Gasteiger partial charge in [0.25, 0.3) is 0 Å². The van der Waals surface area contributed by atoms with Crippen LogP contribution in [0.4, 0.5) is 0 Å². The Kier molecular flexibility index (Phi) is 4.08. The van der Waals surface area contributed by atoms with E-state index in [1.54, 1.807) is 0 Å². The summed E-state index contributed by atoms with van der Waals surface area (Å²) in [5.41, 5.74) is 1.61. The molecule has 1 heterocycles. The largest absolute Gasteiger partial charge is 0.389 e. The number of para-hydroxylation sites is 1. The van der Waals surface area contributed by atoms with Crippen LogP contribution in [0, 0.1) is 0 Å². The van der Waals surface area contributed by atoms with E-state index in [2.05, 4.69) is 17.0 Å². The summed E-state index contributed by atoms with van der Waals surface area (Å²) in [6, 6.07) is 12.2. The lowest BCUT2D eigenvalue weighted by atomic mass is 10.0. The minimum Gasteiger partial charge on any atom is -0.389 e. The first-order chi connectivity index (χ1) is 10.1. The molecular formula is C17H23N3O. The molecule has 1 aromatic heterocycles. The average Bonchev–Trinajstić information content (AvgIpc) is 3.09. The van der Waals surface area contributed by atoms with Gasteiger partial charge in [0.15, 0.2) is 0 Å². The van der Waals surface area contributed by atoms with Crippen molar-refractivity contribution in [1.29, 1.82) is 0 Å². The van der Waals surface area contributed by atoms with Crippen molar-refractivity contribution in [2.24, 2.45) is 0 Å². The molecular weight excluding hydrogens is 262 g/mol. The highest BCUT2D eigenvalue weighted by atomic mass is 16.3. The Labute approximate surface area is 126 Å². The van der Waals surface area contributed by atoms with Crippen LogP contribution in [-0.2, 0) is 6.54 Å². The second-order valence-corrected chi connectivity index (χ2v) is 6.19. The minimum atomic E-state index is -0.489. The summed E-state index contributed by atoms with van der Waals surface area (Å²) in [4.78, 5) is 2.17. The molecule has 112 valence electrons. The zero-order valence-corrected chi connectivity index (χ0v) is 12.6. The fourth-order valence-corrected chi connectivity index (χ4v) is 3.20. The van der Waals surface area contributed by atoms with Gasteiger partial charge in [-0.05, 0) is 38.1 Å². The van der Waals surface area contributed by atoms with Crippen LogP contribution in [0.1, 0.15) is 31.4 Å². The van der Waals surface area contributed by atoms with Crippen molar-refractivity contribution in [3.8, 4) is 5.69 Å². The lowest BCUT2D eigenvalue weighted by Crippen LogP contribution is -2.38. The number of aliphatic hydroxyl groups is 1. The molecule has 0 bridgehead atoms. The molecule has 1 fully saturated rings. The van der Waals surface area contributed by atoms with Gasteiger partial charge >= 0.3 is 0 Å². The van der Waals surface area contributed by atoms with E-state index in [9.17, 15) is 5.11 Å². The van der Waals surface area contributed by atoms with Crippen LogP contribution in [0.5, 0.6) is 0 Å². The van der Waals surface area contributed by atoms with Crippen LogP contribution in [0.2, 0.25) is 0 Å². The van der Waals surface area contributed by atoms with Crippen LogP contribution in [-0.4, -0.2) is 39.0 Å². The van der Waals surface area contributed by atoms with Gasteiger partial charge in [0.2, 0.25) is 0 Å². The number of aromatic nitrogens is 2. The van der Waals surface area contributed by atoms with E-state index in [4.69, 9.17) is 0 Å². The van der Waals surface area contributed by atoms with Crippen LogP contribution in [0.25, 0.3) is 5.69 Å². The maximum Gasteiger partial charge on any atom is 0.0774 e. The maximum atomic E-state index is 10.5. The Morgan fingerprint density at radius 1 is 1.19 bits per heavy atom. The van der Waals surface area contributed by atoms with Gasteiger partial charge in [0.1, 0.15) is 0 Å². The van der Waals surface area contributed by atoms with Gasteiger partial charge in [0, 0.05) is 19.3 Å². The average molecular weight is 285 g/mol. The molecule has 0 spiro atoms. The molecule has 0 unspecified atom stereocenters. The summed E-state index contributed by atoms with van der Waals surface area (Å²) in [5.74, 6) is 0. The van der Waals surface area contributed by atoms with Gasteiger partial charge in [-0.3, -0.25) is 4.90 Å². The minimum absolute atomic E-state index is 0.489. The summed E-state index contributed by atoms with van der Waals surface area (Å²) in [7, 11) is 2.05. The summed E-state index contributed by atoms with van der Waals surface area (Å²) >= 11 is 0. The Bertz CT molecular complexity index is 573. The van der Waals surface area contributed by atoms with Crippen molar-refractivity contribution >= 4 is 0 Å². The fourth-order valence-electron chi connectivity index (χ4n) is 3.20. The standard InChI is InChI=1S/C17H23N3O/c1-19(14-17(21)10-5-6-11-17)13-15-9-12-20(18-15)16-7-3-2-4-8-16/h2-4,7-9,12,21H,5-6,10-11,13-14H2,1H3. The molecule has 0 radical (unpaired) electrons. The first-order valence-corrected chi connectivity index (χ1v) is 7.66. The Balaban J connectivity index is 1.62. The molecule has 21 heavy (non-hydrogen) atoms. The molecule has 0 amide bonds. The van der Waals surface area contributed by atoms with Crippen LogP contribution < -0.4 is 0 Å². The third kappa shape index (κ3) is 3.52. The van der Waals surface area contributed by atoms with Crippen molar-refractivity contribution in [3.63, 3.8) is 0 Å². The van der Waals surface area contributed by atoms with E-state index < -0.39 is 5.60 Å². The number of benzene rings is 1. The van der Waals surface area contributed by atoms with Crippen molar-refractivity contribution in [2.75, 3.05) is 13.6 Å². The highest BCUT2D eigenvalue weighted by Crippen LogP contribution is 2.30. The van der Waals surface area contributed by atoms with E-state index in [0.717, 1.165) is 50.2 Å². The molecule has 0 atom stereocenters. The molecule has 0 aliphatic heterocycles. The van der Waals surface area contributed by atoms with Crippen molar-refractivity contribution in [1.82, 2.24) is 14.7 Å². The van der Waals surface area contributed by atoms with E-state index in [-0.39, 0.29) is 0 Å². The zero-order valence-electron chi connectivity index (χ0n) is 12.6. The zero-order chi connectivity index (χ0) is 14.7. The molecule has 0 saturated heterocycles. The third-order valence-electron chi connectivity index (χ3n) is 4.20. The molecule has 1 N–H and O–H groups in total. The summed E-state index contributed by atoms with van der Waals surface area (Å²) in [6.07, 6.45) is 6.13. The van der Waals surface area contributed by atoms with Crippen LogP contribution in [0.15, 0.2) is 42.6 Å². The lowest BCUT2D eigenvalue weighted by Gasteiger charge is -2.28. The topological polar surface area (TPSA) is 41.3 Å². The van der Waals surface area contributed by atoms with Crippen molar-refractivity contribution in [2.45, 2.75) is 37.8 Å². The molecule has 3 rings (SSSR count). The molecule has 1 aliphatic carbocycles. The summed E-state index contributed by atoms with van der Waals surface area (Å²) < 4.78 is 1.90. The quantitative estimate of drug-likeness (QED) is 0.918. The number of rotatable bonds is 5. The fraction of sp³-hybridized carbons (Fsp3) is 0.471. The number of likely N-dealkylation sites (N-methyl/N-ethyl adjacent to an activating group) is 1. The highest BCUT2D eigenvalue weighted by Gasteiger charge is 2.32. The summed E-state index contributed by atoms with van der Waals surface area (Å²) in [5, 5.41) is 15.1. The normalized spacial score (nSPS) is 17.5. The van der Waals surface area contributed by atoms with E-state index in [1.165, 1.54) is 0 Å². The molecule has 4 nitrogen and oxygen atoms in total. The van der Waals surface area contributed by atoms with Crippen molar-refractivity contribution in [3.05, 3.63) is 48.3 Å². The third-order valence-corrected chi connectivity index (χ3v) is 4.20.